The summed E-state index contributed by atoms with van der Waals surface area (Å²) in [4.78, 5) is 41.1. The van der Waals surface area contributed by atoms with E-state index >= 15 is 0 Å². The van der Waals surface area contributed by atoms with Gasteiger partial charge in [0.15, 0.2) is 0 Å². The number of likely N-dealkylation sites (tertiary alicyclic amines) is 1. The molecule has 2 saturated heterocycles. The van der Waals surface area contributed by atoms with Gasteiger partial charge in [-0.15, -0.1) is 0 Å². The lowest BCUT2D eigenvalue weighted by Gasteiger charge is -2.23. The molecule has 2 heterocycles. The minimum absolute atomic E-state index is 0.0358. The molecule has 2 rings (SSSR count). The summed E-state index contributed by atoms with van der Waals surface area (Å²) in [5, 5.41) is 0.855. The van der Waals surface area contributed by atoms with E-state index in [4.69, 9.17) is 4.84 Å². The number of hydrogen-bond donors (Lipinski definition) is 0. The molecule has 0 aromatic heterocycles. The normalized spacial score (nSPS) is 27.2. The van der Waals surface area contributed by atoms with E-state index in [0.29, 0.717) is 13.0 Å². The first kappa shape index (κ1) is 12.0. The van der Waals surface area contributed by atoms with Crippen LogP contribution in [-0.2, 0) is 19.2 Å². The molecule has 2 fully saturated rings. The molecule has 2 atom stereocenters. The summed E-state index contributed by atoms with van der Waals surface area (Å²) in [6.07, 6.45) is 0.535. The van der Waals surface area contributed by atoms with Crippen molar-refractivity contribution in [3.63, 3.8) is 0 Å². The second-order valence-electron chi connectivity index (χ2n) is 4.63. The number of imide groups is 1. The molecule has 6 heteroatoms. The molecule has 6 nitrogen and oxygen atoms in total. The Bertz CT molecular complexity index is 352. The Labute approximate surface area is 99.4 Å². The molecule has 2 unspecified atom stereocenters. The van der Waals surface area contributed by atoms with E-state index in [9.17, 15) is 14.4 Å². The highest BCUT2D eigenvalue weighted by Crippen LogP contribution is 2.24. The van der Waals surface area contributed by atoms with Crippen molar-refractivity contribution in [2.75, 3.05) is 13.6 Å². The van der Waals surface area contributed by atoms with E-state index in [1.807, 2.05) is 0 Å². The van der Waals surface area contributed by atoms with Gasteiger partial charge in [0, 0.05) is 38.8 Å². The third kappa shape index (κ3) is 2.31. The second kappa shape index (κ2) is 4.44. The summed E-state index contributed by atoms with van der Waals surface area (Å²) in [6.45, 7) is 2.40. The highest BCUT2D eigenvalue weighted by atomic mass is 16.7. The van der Waals surface area contributed by atoms with E-state index in [1.54, 1.807) is 18.9 Å². The fourth-order valence-electron chi connectivity index (χ4n) is 2.14. The first-order valence-electron chi connectivity index (χ1n) is 5.75. The first-order chi connectivity index (χ1) is 7.99. The molecular weight excluding hydrogens is 224 g/mol. The number of carbonyl (C=O) groups is 3. The average molecular weight is 240 g/mol. The third-order valence-corrected chi connectivity index (χ3v) is 3.31. The standard InChI is InChI=1S/C11H16N2O4/c1-7(8-5-11(16)12(2)6-8)17-13-9(14)3-4-10(13)15/h7-8H,3-6H2,1-2H3. The lowest BCUT2D eigenvalue weighted by Crippen LogP contribution is -2.36. The number of nitrogens with zero attached hydrogens (tertiary/aromatic N) is 2. The Morgan fingerprint density at radius 1 is 1.18 bits per heavy atom. The topological polar surface area (TPSA) is 66.9 Å². The third-order valence-electron chi connectivity index (χ3n) is 3.31. The molecule has 0 N–H and O–H groups in total. The van der Waals surface area contributed by atoms with Crippen molar-refractivity contribution in [3.8, 4) is 0 Å². The minimum Gasteiger partial charge on any atom is -0.345 e. The van der Waals surface area contributed by atoms with Crippen LogP contribution in [0.15, 0.2) is 0 Å². The first-order valence-corrected chi connectivity index (χ1v) is 5.75. The van der Waals surface area contributed by atoms with Crippen molar-refractivity contribution in [2.45, 2.75) is 32.3 Å². The van der Waals surface area contributed by atoms with Gasteiger partial charge in [0.2, 0.25) is 5.91 Å². The zero-order chi connectivity index (χ0) is 12.6. The van der Waals surface area contributed by atoms with Crippen LogP contribution in [0.2, 0.25) is 0 Å². The van der Waals surface area contributed by atoms with Crippen molar-refractivity contribution < 1.29 is 19.2 Å². The maximum atomic E-state index is 11.4. The van der Waals surface area contributed by atoms with Gasteiger partial charge in [-0.2, -0.15) is 5.06 Å². The maximum Gasteiger partial charge on any atom is 0.254 e. The van der Waals surface area contributed by atoms with E-state index in [2.05, 4.69) is 0 Å². The quantitative estimate of drug-likeness (QED) is 0.648. The van der Waals surface area contributed by atoms with Gasteiger partial charge in [0.1, 0.15) is 0 Å². The van der Waals surface area contributed by atoms with Gasteiger partial charge in [-0.25, -0.2) is 0 Å². The number of amides is 3. The van der Waals surface area contributed by atoms with Crippen LogP contribution in [0.4, 0.5) is 0 Å². The molecule has 0 aromatic carbocycles. The number of hydroxylamine groups is 2. The lowest BCUT2D eigenvalue weighted by molar-refractivity contribution is -0.206. The van der Waals surface area contributed by atoms with Crippen molar-refractivity contribution in [1.82, 2.24) is 9.96 Å². The van der Waals surface area contributed by atoms with Gasteiger partial charge in [0.05, 0.1) is 6.10 Å². The molecule has 3 amide bonds. The van der Waals surface area contributed by atoms with E-state index in [-0.39, 0.29) is 42.6 Å². The van der Waals surface area contributed by atoms with Gasteiger partial charge >= 0.3 is 0 Å². The van der Waals surface area contributed by atoms with Crippen LogP contribution in [0.1, 0.15) is 26.2 Å². The van der Waals surface area contributed by atoms with Crippen molar-refractivity contribution in [1.29, 1.82) is 0 Å². The molecule has 0 spiro atoms. The summed E-state index contributed by atoms with van der Waals surface area (Å²) in [5.41, 5.74) is 0. The van der Waals surface area contributed by atoms with Crippen molar-refractivity contribution >= 4 is 17.7 Å². The molecule has 0 radical (unpaired) electrons. The summed E-state index contributed by atoms with van der Waals surface area (Å²) in [6, 6.07) is 0. The predicted molar refractivity (Wildman–Crippen MR) is 57.4 cm³/mol. The number of hydrogen-bond acceptors (Lipinski definition) is 4. The fourth-order valence-corrected chi connectivity index (χ4v) is 2.14. The molecule has 0 aromatic rings. The smallest absolute Gasteiger partial charge is 0.254 e. The van der Waals surface area contributed by atoms with Crippen molar-refractivity contribution in [2.24, 2.45) is 5.92 Å². The van der Waals surface area contributed by atoms with E-state index in [1.165, 1.54) is 0 Å². The SMILES string of the molecule is CC(ON1C(=O)CCC1=O)C1CC(=O)N(C)C1. The molecule has 17 heavy (non-hydrogen) atoms. The Kier molecular flexibility index (Phi) is 3.15. The Balaban J connectivity index is 1.93. The molecule has 2 aliphatic rings. The van der Waals surface area contributed by atoms with Crippen LogP contribution in [0.25, 0.3) is 0 Å². The monoisotopic (exact) mass is 240 g/mol. The highest BCUT2D eigenvalue weighted by molar-refractivity contribution is 6.00. The molecule has 0 aliphatic carbocycles. The fraction of sp³-hybridized carbons (Fsp3) is 0.727. The summed E-state index contributed by atoms with van der Waals surface area (Å²) in [7, 11) is 1.74. The molecular formula is C11H16N2O4. The average Bonchev–Trinajstić information content (AvgIpc) is 2.76. The van der Waals surface area contributed by atoms with Crippen LogP contribution in [0.3, 0.4) is 0 Å². The van der Waals surface area contributed by atoms with Crippen LogP contribution >= 0.6 is 0 Å². The summed E-state index contributed by atoms with van der Waals surface area (Å²) < 4.78 is 0. The Morgan fingerprint density at radius 3 is 2.24 bits per heavy atom. The highest BCUT2D eigenvalue weighted by Gasteiger charge is 2.36. The zero-order valence-electron chi connectivity index (χ0n) is 10.0. The van der Waals surface area contributed by atoms with Crippen LogP contribution in [-0.4, -0.2) is 47.4 Å². The van der Waals surface area contributed by atoms with Crippen LogP contribution < -0.4 is 0 Å². The number of rotatable bonds is 3. The zero-order valence-corrected chi connectivity index (χ0v) is 10.0. The minimum atomic E-state index is -0.310. The lowest BCUT2D eigenvalue weighted by atomic mass is 10.0. The summed E-state index contributed by atoms with van der Waals surface area (Å²) >= 11 is 0. The second-order valence-corrected chi connectivity index (χ2v) is 4.63. The van der Waals surface area contributed by atoms with Gasteiger partial charge in [-0.3, -0.25) is 19.2 Å². The van der Waals surface area contributed by atoms with Crippen LogP contribution in [0, 0.1) is 5.92 Å². The number of carbonyl (C=O) groups excluding carboxylic acids is 3. The van der Waals surface area contributed by atoms with Gasteiger partial charge < -0.3 is 4.90 Å². The van der Waals surface area contributed by atoms with Crippen LogP contribution in [0.5, 0.6) is 0 Å². The Morgan fingerprint density at radius 2 is 1.76 bits per heavy atom. The largest absolute Gasteiger partial charge is 0.345 e. The van der Waals surface area contributed by atoms with Crippen molar-refractivity contribution in [3.05, 3.63) is 0 Å². The van der Waals surface area contributed by atoms with Gasteiger partial charge in [-0.1, -0.05) is 0 Å². The molecule has 0 saturated carbocycles. The Hall–Kier alpha value is -1.43. The molecule has 2 aliphatic heterocycles. The van der Waals surface area contributed by atoms with Gasteiger partial charge in [-0.05, 0) is 6.92 Å². The molecule has 94 valence electrons. The molecule has 0 bridgehead atoms. The van der Waals surface area contributed by atoms with E-state index < -0.39 is 0 Å². The maximum absolute atomic E-state index is 11.4. The predicted octanol–water partition coefficient (Wildman–Crippen LogP) is -0.0662. The van der Waals surface area contributed by atoms with Gasteiger partial charge in [0.25, 0.3) is 11.8 Å². The summed E-state index contributed by atoms with van der Waals surface area (Å²) in [5.74, 6) is -0.475. The van der Waals surface area contributed by atoms with E-state index in [0.717, 1.165) is 5.06 Å².